The van der Waals surface area contributed by atoms with Crippen LogP contribution in [0.5, 0.6) is 0 Å². The molecule has 1 atom stereocenters. The number of hydrogen-bond acceptors (Lipinski definition) is 2. The van der Waals surface area contributed by atoms with E-state index < -0.39 is 11.7 Å². The monoisotopic (exact) mass is 322 g/mol. The first-order valence-electron chi connectivity index (χ1n) is 4.79. The molecule has 1 aromatic rings. The summed E-state index contributed by atoms with van der Waals surface area (Å²) in [5.74, 6) is 0. The van der Waals surface area contributed by atoms with E-state index in [-0.39, 0.29) is 4.75 Å². The zero-order valence-corrected chi connectivity index (χ0v) is 12.8. The van der Waals surface area contributed by atoms with E-state index in [1.54, 1.807) is 20.5 Å². The first kappa shape index (κ1) is 13.9. The van der Waals surface area contributed by atoms with Gasteiger partial charge in [-0.3, -0.25) is 0 Å². The summed E-state index contributed by atoms with van der Waals surface area (Å²) in [5, 5.41) is 0. The quantitative estimate of drug-likeness (QED) is 0.610. The van der Waals surface area contributed by atoms with Gasteiger partial charge < -0.3 is 0 Å². The molecule has 1 rings (SSSR count). The molecule has 2 nitrogen and oxygen atoms in total. The van der Waals surface area contributed by atoms with Gasteiger partial charge in [0.05, 0.1) is 0 Å². The third kappa shape index (κ3) is 3.70. The van der Waals surface area contributed by atoms with Crippen molar-refractivity contribution in [1.29, 1.82) is 0 Å². The van der Waals surface area contributed by atoms with Crippen LogP contribution in [0.1, 0.15) is 10.3 Å². The van der Waals surface area contributed by atoms with Gasteiger partial charge in [-0.1, -0.05) is 0 Å². The Bertz CT molecular complexity index is 341. The number of benzene rings is 1. The van der Waals surface area contributed by atoms with Crippen molar-refractivity contribution in [2.75, 3.05) is 14.2 Å². The van der Waals surface area contributed by atoms with Crippen LogP contribution in [0.4, 0.5) is 0 Å². The zero-order chi connectivity index (χ0) is 12.0. The average molecular weight is 322 g/mol. The second-order valence-electron chi connectivity index (χ2n) is 3.22. The van der Waals surface area contributed by atoms with Crippen LogP contribution in [-0.4, -0.2) is 26.0 Å². The molecule has 5 heteroatoms. The molecule has 0 N–H and O–H groups in total. The average Bonchev–Trinajstić information content (AvgIpc) is 2.31. The maximum absolute atomic E-state index is 6.28. The van der Waals surface area contributed by atoms with Gasteiger partial charge in [0.2, 0.25) is 0 Å². The van der Waals surface area contributed by atoms with Crippen molar-refractivity contribution in [3.63, 3.8) is 0 Å². The van der Waals surface area contributed by atoms with Gasteiger partial charge in [0.1, 0.15) is 0 Å². The summed E-state index contributed by atoms with van der Waals surface area (Å²) in [5.41, 5.74) is 1.04. The molecule has 0 saturated carbocycles. The minimum absolute atomic E-state index is 0.102. The molecule has 0 heterocycles. The molecule has 0 aliphatic carbocycles. The maximum atomic E-state index is 6.28. The van der Waals surface area contributed by atoms with Crippen molar-refractivity contribution in [2.24, 2.45) is 0 Å². The first-order chi connectivity index (χ1) is 7.61. The number of rotatable bonds is 5. The Kier molecular flexibility index (Phi) is 5.69. The molecular formula is C11H14Cl2GeO2. The molecule has 0 aliphatic rings. The van der Waals surface area contributed by atoms with Gasteiger partial charge >= 0.3 is 107 Å². The number of methoxy groups -OCH3 is 1. The van der Waals surface area contributed by atoms with Crippen LogP contribution >= 0.6 is 20.0 Å². The van der Waals surface area contributed by atoms with E-state index in [1.807, 2.05) is 36.4 Å². The molecule has 0 spiro atoms. The Morgan fingerprint density at radius 3 is 2.31 bits per heavy atom. The number of halogens is 2. The summed E-state index contributed by atoms with van der Waals surface area (Å²) < 4.78 is 10.1. The van der Waals surface area contributed by atoms with Crippen molar-refractivity contribution >= 4 is 31.8 Å². The van der Waals surface area contributed by atoms with Gasteiger partial charge in [0, 0.05) is 0 Å². The van der Waals surface area contributed by atoms with E-state index in [0.717, 1.165) is 5.56 Å². The molecule has 0 fully saturated rings. The minimum atomic E-state index is -3.33. The fourth-order valence-electron chi connectivity index (χ4n) is 1.36. The number of ether oxygens (including phenoxy) is 1. The third-order valence-electron chi connectivity index (χ3n) is 2.20. The molecule has 0 saturated heterocycles. The van der Waals surface area contributed by atoms with E-state index in [1.165, 1.54) is 0 Å². The molecule has 1 aromatic carbocycles. The SMILES string of the molecule is CO/C=C/[CH](c1ccccc1)[Ge]([Cl])([Cl])[O]C. The normalized spacial score (nSPS) is 14.0. The predicted octanol–water partition coefficient (Wildman–Crippen LogP) is 3.53. The van der Waals surface area contributed by atoms with Gasteiger partial charge in [-0.25, -0.2) is 0 Å². The third-order valence-corrected chi connectivity index (χ3v) is 10.0. The van der Waals surface area contributed by atoms with Crippen molar-refractivity contribution in [3.05, 3.63) is 48.2 Å². The van der Waals surface area contributed by atoms with E-state index >= 15 is 0 Å². The van der Waals surface area contributed by atoms with E-state index in [2.05, 4.69) is 0 Å². The number of hydrogen-bond donors (Lipinski definition) is 0. The van der Waals surface area contributed by atoms with Gasteiger partial charge in [-0.15, -0.1) is 0 Å². The molecule has 88 valence electrons. The van der Waals surface area contributed by atoms with E-state index in [4.69, 9.17) is 28.5 Å². The molecule has 0 bridgehead atoms. The Labute approximate surface area is 107 Å². The van der Waals surface area contributed by atoms with Crippen LogP contribution < -0.4 is 0 Å². The van der Waals surface area contributed by atoms with Crippen molar-refractivity contribution in [1.82, 2.24) is 0 Å². The molecular weight excluding hydrogens is 308 g/mol. The van der Waals surface area contributed by atoms with Crippen LogP contribution in [0, 0.1) is 0 Å². The second kappa shape index (κ2) is 6.55. The predicted molar refractivity (Wildman–Crippen MR) is 69.8 cm³/mol. The van der Waals surface area contributed by atoms with E-state index in [9.17, 15) is 0 Å². The Balaban J connectivity index is 3.01. The summed E-state index contributed by atoms with van der Waals surface area (Å²) in [6.07, 6.45) is 3.43. The Morgan fingerprint density at radius 2 is 1.81 bits per heavy atom. The number of allylic oxidation sites excluding steroid dienone is 1. The van der Waals surface area contributed by atoms with Gasteiger partial charge in [-0.05, 0) is 0 Å². The standard InChI is InChI=1S/C11H14Cl2GeO2/c1-15-9-8-11(14(12,13)16-2)10-6-4-3-5-7-10/h3-9,11H,1-2H3/b9-8+. The van der Waals surface area contributed by atoms with E-state index in [0.29, 0.717) is 0 Å². The van der Waals surface area contributed by atoms with Crippen LogP contribution in [0.15, 0.2) is 42.7 Å². The Morgan fingerprint density at radius 1 is 1.19 bits per heavy atom. The first-order valence-corrected chi connectivity index (χ1v) is 12.4. The topological polar surface area (TPSA) is 18.5 Å². The summed E-state index contributed by atoms with van der Waals surface area (Å²) in [6, 6.07) is 9.81. The fourth-order valence-corrected chi connectivity index (χ4v) is 5.81. The van der Waals surface area contributed by atoms with Gasteiger partial charge in [0.15, 0.2) is 0 Å². The molecule has 0 amide bonds. The van der Waals surface area contributed by atoms with Crippen molar-refractivity contribution in [3.8, 4) is 0 Å². The van der Waals surface area contributed by atoms with Crippen molar-refractivity contribution < 1.29 is 8.50 Å². The summed E-state index contributed by atoms with van der Waals surface area (Å²) in [7, 11) is 15.7. The van der Waals surface area contributed by atoms with Crippen molar-refractivity contribution in [2.45, 2.75) is 4.75 Å². The molecule has 0 aromatic heterocycles. The molecule has 1 unspecified atom stereocenters. The molecule has 0 aliphatic heterocycles. The van der Waals surface area contributed by atoms with Crippen LogP contribution in [0.25, 0.3) is 0 Å². The fraction of sp³-hybridized carbons (Fsp3) is 0.273. The summed E-state index contributed by atoms with van der Waals surface area (Å²) in [4.78, 5) is 0. The summed E-state index contributed by atoms with van der Waals surface area (Å²) in [6.45, 7) is 0. The van der Waals surface area contributed by atoms with Crippen LogP contribution in [-0.2, 0) is 8.50 Å². The summed E-state index contributed by atoms with van der Waals surface area (Å²) >= 11 is -3.33. The molecule has 0 radical (unpaired) electrons. The van der Waals surface area contributed by atoms with Crippen LogP contribution in [0.3, 0.4) is 0 Å². The Hall–Kier alpha value is -0.157. The van der Waals surface area contributed by atoms with Gasteiger partial charge in [-0.2, -0.15) is 0 Å². The zero-order valence-electron chi connectivity index (χ0n) is 9.19. The molecule has 16 heavy (non-hydrogen) atoms. The van der Waals surface area contributed by atoms with Crippen LogP contribution in [0.2, 0.25) is 0 Å². The van der Waals surface area contributed by atoms with Gasteiger partial charge in [0.25, 0.3) is 0 Å². The second-order valence-corrected chi connectivity index (χ2v) is 14.6.